The van der Waals surface area contributed by atoms with Crippen molar-refractivity contribution in [2.24, 2.45) is 5.41 Å². The van der Waals surface area contributed by atoms with Crippen LogP contribution < -0.4 is 5.32 Å². The smallest absolute Gasteiger partial charge is 0.234 e. The zero-order valence-corrected chi connectivity index (χ0v) is 14.1. The first kappa shape index (κ1) is 17.9. The van der Waals surface area contributed by atoms with Crippen LogP contribution in [0, 0.1) is 5.41 Å². The Morgan fingerprint density at radius 3 is 2.14 bits per heavy atom. The standard InChI is InChI=1S/C14H26N2O4S/c1-14(2,3)9-13(18)16-7-5-11(6-8-16)21(19,20)10-12(17)15-4/h11H,5-10H2,1-4H3,(H,15,17). The van der Waals surface area contributed by atoms with Crippen LogP contribution in [-0.4, -0.2) is 56.3 Å². The normalized spacial score (nSPS) is 17.6. The number of carbonyl (C=O) groups is 2. The molecule has 2 amide bonds. The number of hydrogen-bond acceptors (Lipinski definition) is 4. The van der Waals surface area contributed by atoms with E-state index >= 15 is 0 Å². The third kappa shape index (κ3) is 5.65. The summed E-state index contributed by atoms with van der Waals surface area (Å²) in [6, 6.07) is 0. The highest BCUT2D eigenvalue weighted by molar-refractivity contribution is 7.92. The van der Waals surface area contributed by atoms with Gasteiger partial charge in [0, 0.05) is 26.6 Å². The van der Waals surface area contributed by atoms with Crippen LogP contribution in [0.2, 0.25) is 0 Å². The van der Waals surface area contributed by atoms with Gasteiger partial charge in [0.25, 0.3) is 0 Å². The van der Waals surface area contributed by atoms with Crippen molar-refractivity contribution in [3.05, 3.63) is 0 Å². The van der Waals surface area contributed by atoms with Crippen molar-refractivity contribution < 1.29 is 18.0 Å². The van der Waals surface area contributed by atoms with Gasteiger partial charge in [0.15, 0.2) is 9.84 Å². The van der Waals surface area contributed by atoms with Crippen molar-refractivity contribution in [2.45, 2.75) is 45.3 Å². The molecule has 1 rings (SSSR count). The Labute approximate surface area is 127 Å². The minimum atomic E-state index is -3.43. The van der Waals surface area contributed by atoms with E-state index in [1.165, 1.54) is 7.05 Å². The average Bonchev–Trinajstić information content (AvgIpc) is 2.36. The van der Waals surface area contributed by atoms with E-state index in [4.69, 9.17) is 0 Å². The molecular formula is C14H26N2O4S. The molecule has 1 aliphatic rings. The summed E-state index contributed by atoms with van der Waals surface area (Å²) in [6.45, 7) is 6.92. The number of piperidine rings is 1. The highest BCUT2D eigenvalue weighted by Gasteiger charge is 2.33. The highest BCUT2D eigenvalue weighted by Crippen LogP contribution is 2.23. The molecule has 0 aromatic carbocycles. The minimum Gasteiger partial charge on any atom is -0.358 e. The molecule has 0 atom stereocenters. The highest BCUT2D eigenvalue weighted by atomic mass is 32.2. The van der Waals surface area contributed by atoms with Crippen LogP contribution in [0.1, 0.15) is 40.0 Å². The van der Waals surface area contributed by atoms with Gasteiger partial charge in [0.2, 0.25) is 11.8 Å². The molecule has 122 valence electrons. The zero-order chi connectivity index (χ0) is 16.3. The molecule has 7 heteroatoms. The molecule has 0 unspecified atom stereocenters. The van der Waals surface area contributed by atoms with E-state index in [9.17, 15) is 18.0 Å². The van der Waals surface area contributed by atoms with Crippen molar-refractivity contribution in [3.63, 3.8) is 0 Å². The van der Waals surface area contributed by atoms with Crippen LogP contribution in [-0.2, 0) is 19.4 Å². The van der Waals surface area contributed by atoms with Crippen molar-refractivity contribution in [2.75, 3.05) is 25.9 Å². The summed E-state index contributed by atoms with van der Waals surface area (Å²) >= 11 is 0. The third-order valence-electron chi connectivity index (χ3n) is 3.60. The largest absolute Gasteiger partial charge is 0.358 e. The molecule has 0 spiro atoms. The first-order valence-electron chi connectivity index (χ1n) is 7.25. The summed E-state index contributed by atoms with van der Waals surface area (Å²) < 4.78 is 24.2. The van der Waals surface area contributed by atoms with Gasteiger partial charge in [0.1, 0.15) is 5.75 Å². The second-order valence-electron chi connectivity index (χ2n) is 6.80. The Morgan fingerprint density at radius 2 is 1.71 bits per heavy atom. The van der Waals surface area contributed by atoms with E-state index in [2.05, 4.69) is 5.32 Å². The molecule has 6 nitrogen and oxygen atoms in total. The lowest BCUT2D eigenvalue weighted by molar-refractivity contribution is -0.134. The topological polar surface area (TPSA) is 83.6 Å². The Morgan fingerprint density at radius 1 is 1.19 bits per heavy atom. The van der Waals surface area contributed by atoms with Crippen LogP contribution in [0.5, 0.6) is 0 Å². The number of rotatable bonds is 4. The van der Waals surface area contributed by atoms with Gasteiger partial charge in [-0.25, -0.2) is 8.42 Å². The fourth-order valence-corrected chi connectivity index (χ4v) is 4.08. The van der Waals surface area contributed by atoms with E-state index in [0.29, 0.717) is 32.4 Å². The van der Waals surface area contributed by atoms with Gasteiger partial charge in [-0.2, -0.15) is 0 Å². The molecule has 1 fully saturated rings. The van der Waals surface area contributed by atoms with Crippen molar-refractivity contribution >= 4 is 21.7 Å². The van der Waals surface area contributed by atoms with Gasteiger partial charge in [-0.3, -0.25) is 9.59 Å². The van der Waals surface area contributed by atoms with Gasteiger partial charge in [-0.1, -0.05) is 20.8 Å². The van der Waals surface area contributed by atoms with Crippen molar-refractivity contribution in [1.82, 2.24) is 10.2 Å². The molecule has 21 heavy (non-hydrogen) atoms. The average molecular weight is 318 g/mol. The fraction of sp³-hybridized carbons (Fsp3) is 0.857. The van der Waals surface area contributed by atoms with E-state index < -0.39 is 26.7 Å². The molecular weight excluding hydrogens is 292 g/mol. The summed E-state index contributed by atoms with van der Waals surface area (Å²) in [5.41, 5.74) is -0.0702. The Bertz CT molecular complexity index is 486. The molecule has 1 N–H and O–H groups in total. The summed E-state index contributed by atoms with van der Waals surface area (Å²) in [5, 5.41) is 1.81. The molecule has 0 bridgehead atoms. The SMILES string of the molecule is CNC(=O)CS(=O)(=O)C1CCN(C(=O)CC(C)(C)C)CC1. The number of amides is 2. The molecule has 0 saturated carbocycles. The number of hydrogen-bond donors (Lipinski definition) is 1. The van der Waals surface area contributed by atoms with Gasteiger partial charge in [-0.05, 0) is 18.3 Å². The Kier molecular flexibility index (Phi) is 5.78. The van der Waals surface area contributed by atoms with Gasteiger partial charge >= 0.3 is 0 Å². The predicted octanol–water partition coefficient (Wildman–Crippen LogP) is 0.574. The van der Waals surface area contributed by atoms with Crippen LogP contribution >= 0.6 is 0 Å². The predicted molar refractivity (Wildman–Crippen MR) is 81.5 cm³/mol. The summed E-state index contributed by atoms with van der Waals surface area (Å²) in [6.07, 6.45) is 1.28. The lowest BCUT2D eigenvalue weighted by Gasteiger charge is -2.33. The third-order valence-corrected chi connectivity index (χ3v) is 5.75. The number of sulfone groups is 1. The van der Waals surface area contributed by atoms with Gasteiger partial charge in [-0.15, -0.1) is 0 Å². The first-order chi connectivity index (χ1) is 9.55. The molecule has 1 heterocycles. The van der Waals surface area contributed by atoms with Gasteiger partial charge < -0.3 is 10.2 Å². The van der Waals surface area contributed by atoms with E-state index in [1.807, 2.05) is 20.8 Å². The van der Waals surface area contributed by atoms with E-state index in [-0.39, 0.29) is 11.3 Å². The molecule has 0 aromatic rings. The second kappa shape index (κ2) is 6.77. The monoisotopic (exact) mass is 318 g/mol. The number of carbonyl (C=O) groups excluding carboxylic acids is 2. The lowest BCUT2D eigenvalue weighted by Crippen LogP contribution is -2.45. The van der Waals surface area contributed by atoms with Crippen LogP contribution in [0.3, 0.4) is 0 Å². The summed E-state index contributed by atoms with van der Waals surface area (Å²) in [4.78, 5) is 25.1. The number of nitrogens with zero attached hydrogens (tertiary/aromatic N) is 1. The van der Waals surface area contributed by atoms with Crippen LogP contribution in [0.4, 0.5) is 0 Å². The first-order valence-corrected chi connectivity index (χ1v) is 8.96. The quantitative estimate of drug-likeness (QED) is 0.821. The molecule has 0 aromatic heterocycles. The number of nitrogens with one attached hydrogen (secondary N) is 1. The summed E-state index contributed by atoms with van der Waals surface area (Å²) in [7, 11) is -2.01. The maximum atomic E-state index is 12.1. The minimum absolute atomic E-state index is 0.0702. The summed E-state index contributed by atoms with van der Waals surface area (Å²) in [5.74, 6) is -0.879. The molecule has 1 aliphatic heterocycles. The number of likely N-dealkylation sites (tertiary alicyclic amines) is 1. The molecule has 0 aliphatic carbocycles. The fourth-order valence-electron chi connectivity index (χ4n) is 2.40. The lowest BCUT2D eigenvalue weighted by atomic mass is 9.91. The zero-order valence-electron chi connectivity index (χ0n) is 13.3. The van der Waals surface area contributed by atoms with Crippen LogP contribution in [0.25, 0.3) is 0 Å². The van der Waals surface area contributed by atoms with E-state index in [0.717, 1.165) is 0 Å². The van der Waals surface area contributed by atoms with Crippen molar-refractivity contribution in [3.8, 4) is 0 Å². The van der Waals surface area contributed by atoms with Crippen molar-refractivity contribution in [1.29, 1.82) is 0 Å². The van der Waals surface area contributed by atoms with Crippen LogP contribution in [0.15, 0.2) is 0 Å². The Balaban J connectivity index is 2.56. The maximum Gasteiger partial charge on any atom is 0.234 e. The second-order valence-corrected chi connectivity index (χ2v) is 9.08. The molecule has 1 saturated heterocycles. The Hall–Kier alpha value is -1.11. The molecule has 0 radical (unpaired) electrons. The van der Waals surface area contributed by atoms with Gasteiger partial charge in [0.05, 0.1) is 5.25 Å². The van der Waals surface area contributed by atoms with E-state index in [1.54, 1.807) is 4.90 Å². The maximum absolute atomic E-state index is 12.1.